The molecule has 2 aromatic carbocycles. The Kier molecular flexibility index (Phi) is 7.89. The zero-order chi connectivity index (χ0) is 23.8. The lowest BCUT2D eigenvalue weighted by Crippen LogP contribution is -2.61. The molecule has 1 aliphatic rings. The molecule has 9 nitrogen and oxygen atoms in total. The monoisotopic (exact) mass is 456 g/mol. The van der Waals surface area contributed by atoms with Crippen molar-refractivity contribution in [3.63, 3.8) is 0 Å². The van der Waals surface area contributed by atoms with Crippen LogP contribution in [0.5, 0.6) is 5.75 Å². The molecule has 1 heterocycles. The quantitative estimate of drug-likeness (QED) is 0.557. The van der Waals surface area contributed by atoms with Crippen molar-refractivity contribution in [2.45, 2.75) is 37.6 Å². The van der Waals surface area contributed by atoms with Crippen molar-refractivity contribution < 1.29 is 33.3 Å². The lowest BCUT2D eigenvalue weighted by atomic mass is 9.90. The molecule has 33 heavy (non-hydrogen) atoms. The highest BCUT2D eigenvalue weighted by atomic mass is 16.6. The molecule has 0 radical (unpaired) electrons. The van der Waals surface area contributed by atoms with E-state index in [2.05, 4.69) is 10.6 Å². The van der Waals surface area contributed by atoms with Crippen LogP contribution in [0.2, 0.25) is 0 Å². The number of esters is 1. The van der Waals surface area contributed by atoms with Crippen molar-refractivity contribution in [2.75, 3.05) is 20.8 Å². The first-order valence-corrected chi connectivity index (χ1v) is 10.5. The van der Waals surface area contributed by atoms with Gasteiger partial charge in [-0.1, -0.05) is 42.5 Å². The predicted octanol–water partition coefficient (Wildman–Crippen LogP) is 2.28. The number of hydrogen-bond acceptors (Lipinski definition) is 7. The van der Waals surface area contributed by atoms with Crippen molar-refractivity contribution in [3.05, 3.63) is 65.7 Å². The minimum absolute atomic E-state index is 0.0538. The van der Waals surface area contributed by atoms with Gasteiger partial charge in [0.05, 0.1) is 20.3 Å². The summed E-state index contributed by atoms with van der Waals surface area (Å²) in [4.78, 5) is 38.3. The standard InChI is InChI=1S/C24H28N2O7/c1-24(22(28)31-3,17-9-11-18(30-2)12-10-17)26-21(27)20(19-13-14-32-19)25-23(29)33-15-16-7-5-4-6-8-16/h4-12,19-20H,13-15H2,1-3H3,(H,25,29)(H,26,27)/t19?,20-,24-/m0/s1. The largest absolute Gasteiger partial charge is 0.497 e. The van der Waals surface area contributed by atoms with Crippen LogP contribution in [-0.2, 0) is 35.9 Å². The van der Waals surface area contributed by atoms with Gasteiger partial charge in [0, 0.05) is 6.61 Å². The van der Waals surface area contributed by atoms with Crippen LogP contribution >= 0.6 is 0 Å². The lowest BCUT2D eigenvalue weighted by molar-refractivity contribution is -0.152. The van der Waals surface area contributed by atoms with Gasteiger partial charge in [0.25, 0.3) is 0 Å². The highest BCUT2D eigenvalue weighted by Gasteiger charge is 2.43. The van der Waals surface area contributed by atoms with Gasteiger partial charge in [-0.25, -0.2) is 9.59 Å². The summed E-state index contributed by atoms with van der Waals surface area (Å²) in [6.07, 6.45) is -0.722. The van der Waals surface area contributed by atoms with Crippen molar-refractivity contribution >= 4 is 18.0 Å². The van der Waals surface area contributed by atoms with E-state index < -0.39 is 35.7 Å². The summed E-state index contributed by atoms with van der Waals surface area (Å²) in [5.41, 5.74) is -0.204. The Morgan fingerprint density at radius 3 is 2.30 bits per heavy atom. The van der Waals surface area contributed by atoms with Gasteiger partial charge in [0.2, 0.25) is 5.91 Å². The summed E-state index contributed by atoms with van der Waals surface area (Å²) >= 11 is 0. The molecular formula is C24H28N2O7. The maximum absolute atomic E-state index is 13.2. The smallest absolute Gasteiger partial charge is 0.408 e. The third-order valence-corrected chi connectivity index (χ3v) is 5.51. The molecule has 2 N–H and O–H groups in total. The third-order valence-electron chi connectivity index (χ3n) is 5.51. The number of hydrogen-bond donors (Lipinski definition) is 2. The molecule has 0 aromatic heterocycles. The Bertz CT molecular complexity index is 961. The van der Waals surface area contributed by atoms with Crippen molar-refractivity contribution in [3.8, 4) is 5.75 Å². The zero-order valence-corrected chi connectivity index (χ0v) is 18.8. The van der Waals surface area contributed by atoms with Crippen LogP contribution in [0.15, 0.2) is 54.6 Å². The van der Waals surface area contributed by atoms with E-state index in [9.17, 15) is 14.4 Å². The topological polar surface area (TPSA) is 112 Å². The molecule has 0 spiro atoms. The van der Waals surface area contributed by atoms with Crippen LogP contribution < -0.4 is 15.4 Å². The molecule has 2 aromatic rings. The summed E-state index contributed by atoms with van der Waals surface area (Å²) in [5.74, 6) is -0.665. The van der Waals surface area contributed by atoms with Gasteiger partial charge < -0.3 is 29.6 Å². The maximum Gasteiger partial charge on any atom is 0.408 e. The maximum atomic E-state index is 13.2. The van der Waals surface area contributed by atoms with Gasteiger partial charge in [-0.3, -0.25) is 4.79 Å². The first-order chi connectivity index (χ1) is 15.9. The number of nitrogens with one attached hydrogen (secondary N) is 2. The van der Waals surface area contributed by atoms with E-state index in [1.165, 1.54) is 21.1 Å². The second-order valence-corrected chi connectivity index (χ2v) is 7.72. The fourth-order valence-electron chi connectivity index (χ4n) is 3.43. The van der Waals surface area contributed by atoms with Gasteiger partial charge in [0.1, 0.15) is 18.4 Å². The summed E-state index contributed by atoms with van der Waals surface area (Å²) in [7, 11) is 2.77. The second-order valence-electron chi connectivity index (χ2n) is 7.72. The van der Waals surface area contributed by atoms with E-state index in [4.69, 9.17) is 18.9 Å². The minimum atomic E-state index is -1.50. The van der Waals surface area contributed by atoms with Crippen molar-refractivity contribution in [1.29, 1.82) is 0 Å². The first-order valence-electron chi connectivity index (χ1n) is 10.5. The number of rotatable bonds is 9. The number of carbonyl (C=O) groups is 3. The fraction of sp³-hybridized carbons (Fsp3) is 0.375. The minimum Gasteiger partial charge on any atom is -0.497 e. The molecule has 0 saturated carbocycles. The number of methoxy groups -OCH3 is 2. The van der Waals surface area contributed by atoms with E-state index in [0.717, 1.165) is 5.56 Å². The van der Waals surface area contributed by atoms with E-state index >= 15 is 0 Å². The van der Waals surface area contributed by atoms with E-state index in [1.54, 1.807) is 24.3 Å². The normalized spacial score (nSPS) is 17.5. The van der Waals surface area contributed by atoms with E-state index in [-0.39, 0.29) is 6.61 Å². The molecule has 3 atom stereocenters. The Labute approximate surface area is 192 Å². The van der Waals surface area contributed by atoms with Gasteiger partial charge >= 0.3 is 12.1 Å². The molecule has 9 heteroatoms. The van der Waals surface area contributed by atoms with E-state index in [1.807, 2.05) is 30.3 Å². The van der Waals surface area contributed by atoms with Crippen molar-refractivity contribution in [1.82, 2.24) is 10.6 Å². The Balaban J connectivity index is 1.73. The lowest BCUT2D eigenvalue weighted by Gasteiger charge is -2.36. The SMILES string of the molecule is COC(=O)[C@@](C)(NC(=O)[C@@H](NC(=O)OCc1ccccc1)C1CCO1)c1ccc(OC)cc1. The number of benzene rings is 2. The van der Waals surface area contributed by atoms with Gasteiger partial charge in [-0.2, -0.15) is 0 Å². The Morgan fingerprint density at radius 2 is 1.76 bits per heavy atom. The van der Waals surface area contributed by atoms with Gasteiger partial charge in [0.15, 0.2) is 5.54 Å². The number of ether oxygens (including phenoxy) is 4. The van der Waals surface area contributed by atoms with Crippen molar-refractivity contribution in [2.24, 2.45) is 0 Å². The van der Waals surface area contributed by atoms with E-state index in [0.29, 0.717) is 24.3 Å². The molecule has 1 saturated heterocycles. The summed E-state index contributed by atoms with van der Waals surface area (Å²) in [6, 6.07) is 14.8. The number of carbonyl (C=O) groups excluding carboxylic acids is 3. The molecule has 0 aliphatic carbocycles. The second kappa shape index (κ2) is 10.8. The molecule has 1 fully saturated rings. The molecule has 1 unspecified atom stereocenters. The Morgan fingerprint density at radius 1 is 1.09 bits per heavy atom. The number of alkyl carbamates (subject to hydrolysis) is 1. The number of amides is 2. The first kappa shape index (κ1) is 24.1. The summed E-state index contributed by atoms with van der Waals surface area (Å²) in [5, 5.41) is 5.29. The van der Waals surface area contributed by atoms with Crippen LogP contribution in [0.25, 0.3) is 0 Å². The molecule has 1 aliphatic heterocycles. The van der Waals surface area contributed by atoms with Crippen LogP contribution in [0.4, 0.5) is 4.79 Å². The Hall–Kier alpha value is -3.59. The molecule has 0 bridgehead atoms. The van der Waals surface area contributed by atoms with Crippen LogP contribution in [0.3, 0.4) is 0 Å². The highest BCUT2D eigenvalue weighted by molar-refractivity contribution is 5.92. The average Bonchev–Trinajstić information content (AvgIpc) is 2.81. The fourth-order valence-corrected chi connectivity index (χ4v) is 3.43. The molecular weight excluding hydrogens is 428 g/mol. The highest BCUT2D eigenvalue weighted by Crippen LogP contribution is 2.26. The zero-order valence-electron chi connectivity index (χ0n) is 18.8. The van der Waals surface area contributed by atoms with Crippen LogP contribution in [0.1, 0.15) is 24.5 Å². The molecule has 2 amide bonds. The predicted molar refractivity (Wildman–Crippen MR) is 118 cm³/mol. The van der Waals surface area contributed by atoms with Gasteiger partial charge in [-0.05, 0) is 36.6 Å². The average molecular weight is 456 g/mol. The molecule has 176 valence electrons. The summed E-state index contributed by atoms with van der Waals surface area (Å²) < 4.78 is 20.8. The van der Waals surface area contributed by atoms with Crippen LogP contribution in [-0.4, -0.2) is 50.9 Å². The summed E-state index contributed by atoms with van der Waals surface area (Å²) in [6.45, 7) is 2.06. The van der Waals surface area contributed by atoms with Crippen LogP contribution in [0, 0.1) is 0 Å². The van der Waals surface area contributed by atoms with Gasteiger partial charge in [-0.15, -0.1) is 0 Å². The molecule has 3 rings (SSSR count). The third kappa shape index (κ3) is 5.81.